The molecule has 0 saturated carbocycles. The van der Waals surface area contributed by atoms with Gasteiger partial charge >= 0.3 is 12.1 Å². The van der Waals surface area contributed by atoms with Crippen LogP contribution in [0.3, 0.4) is 0 Å². The predicted molar refractivity (Wildman–Crippen MR) is 227 cm³/mol. The monoisotopic (exact) mass is 831 g/mol. The molecule has 0 radical (unpaired) electrons. The van der Waals surface area contributed by atoms with Gasteiger partial charge in [0.15, 0.2) is 6.10 Å². The lowest BCUT2D eigenvalue weighted by atomic mass is 9.92. The smallest absolute Gasteiger partial charge is 0.407 e. The van der Waals surface area contributed by atoms with E-state index in [-0.39, 0.29) is 48.2 Å². The summed E-state index contributed by atoms with van der Waals surface area (Å²) in [5, 5.41) is 20.4. The van der Waals surface area contributed by atoms with E-state index in [9.17, 15) is 29.1 Å². The van der Waals surface area contributed by atoms with Crippen LogP contribution >= 0.6 is 23.3 Å². The van der Waals surface area contributed by atoms with Gasteiger partial charge < -0.3 is 35.4 Å². The van der Waals surface area contributed by atoms with E-state index in [0.29, 0.717) is 30.8 Å². The third-order valence-corrected chi connectivity index (χ3v) is 12.2. The number of carboxylic acids is 1. The molecule has 3 rings (SSSR count). The van der Waals surface area contributed by atoms with Crippen LogP contribution in [0.4, 0.5) is 10.5 Å². The minimum atomic E-state index is -0.958. The highest BCUT2D eigenvalue weighted by molar-refractivity contribution is 7.99. The number of benzene rings is 1. The third kappa shape index (κ3) is 13.9. The Bertz CT molecular complexity index is 1620. The molecule has 16 heteroatoms. The molecule has 1 aliphatic rings. The number of likely N-dealkylation sites (tertiary alicyclic amines) is 1. The molecule has 318 valence electrons. The highest BCUT2D eigenvalue weighted by Crippen LogP contribution is 2.32. The van der Waals surface area contributed by atoms with Gasteiger partial charge in [-0.05, 0) is 69.2 Å². The molecule has 0 unspecified atom stereocenters. The summed E-state index contributed by atoms with van der Waals surface area (Å²) in [4.78, 5) is 75.2. The van der Waals surface area contributed by atoms with Gasteiger partial charge in [-0.3, -0.25) is 24.1 Å². The Hall–Kier alpha value is -3.89. The Morgan fingerprint density at radius 3 is 2.40 bits per heavy atom. The van der Waals surface area contributed by atoms with E-state index in [0.717, 1.165) is 37.1 Å². The van der Waals surface area contributed by atoms with E-state index in [1.165, 1.54) is 30.3 Å². The Morgan fingerprint density at radius 1 is 1.07 bits per heavy atom. The molecule has 1 aliphatic heterocycles. The average molecular weight is 832 g/mol. The van der Waals surface area contributed by atoms with Crippen LogP contribution in [0.25, 0.3) is 0 Å². The first-order chi connectivity index (χ1) is 27.1. The molecule has 0 spiro atoms. The zero-order valence-electron chi connectivity index (χ0n) is 35.1. The maximum atomic E-state index is 14.6. The first kappa shape index (κ1) is 47.5. The van der Waals surface area contributed by atoms with Gasteiger partial charge in [-0.25, -0.2) is 9.78 Å². The van der Waals surface area contributed by atoms with Gasteiger partial charge in [0, 0.05) is 49.4 Å². The van der Waals surface area contributed by atoms with Gasteiger partial charge in [-0.1, -0.05) is 84.5 Å². The quantitative estimate of drug-likeness (QED) is 0.0835. The molecule has 0 aliphatic carbocycles. The van der Waals surface area contributed by atoms with Crippen LogP contribution in [0.2, 0.25) is 0 Å². The van der Waals surface area contributed by atoms with Crippen molar-refractivity contribution in [3.63, 3.8) is 0 Å². The minimum absolute atomic E-state index is 0.0720. The number of hydrogen-bond donors (Lipinski definition) is 5. The first-order valence-corrected chi connectivity index (χ1v) is 22.3. The second-order valence-electron chi connectivity index (χ2n) is 15.5. The molecule has 14 nitrogen and oxygen atoms in total. The number of thiazole rings is 1. The molecule has 1 saturated heterocycles. The molecule has 4 amide bonds. The summed E-state index contributed by atoms with van der Waals surface area (Å²) < 4.78 is 9.15. The van der Waals surface area contributed by atoms with Crippen molar-refractivity contribution in [2.75, 3.05) is 38.2 Å². The topological polar surface area (TPSA) is 182 Å². The van der Waals surface area contributed by atoms with Crippen molar-refractivity contribution >= 4 is 58.8 Å². The number of carboxylic acid groups (broad SMARTS) is 1. The van der Waals surface area contributed by atoms with E-state index >= 15 is 0 Å². The number of anilines is 1. The van der Waals surface area contributed by atoms with Gasteiger partial charge in [0.25, 0.3) is 5.91 Å². The molecule has 2 aromatic rings. The van der Waals surface area contributed by atoms with Gasteiger partial charge in [0.05, 0.1) is 12.0 Å². The van der Waals surface area contributed by atoms with Crippen molar-refractivity contribution in [1.82, 2.24) is 30.7 Å². The van der Waals surface area contributed by atoms with Crippen molar-refractivity contribution in [3.8, 4) is 0 Å². The number of rotatable bonds is 22. The van der Waals surface area contributed by atoms with Crippen LogP contribution in [0.5, 0.6) is 0 Å². The fourth-order valence-electron chi connectivity index (χ4n) is 7.26. The third-order valence-electron chi connectivity index (χ3n) is 10.8. The van der Waals surface area contributed by atoms with E-state index in [2.05, 4.69) is 30.6 Å². The number of para-hydroxylation sites is 1. The lowest BCUT2D eigenvalue weighted by molar-refractivity contribution is -0.143. The fraction of sp³-hybridized carbons (Fsp3) is 0.659. The Morgan fingerprint density at radius 2 is 1.79 bits per heavy atom. The molecule has 2 heterocycles. The lowest BCUT2D eigenvalue weighted by Crippen LogP contribution is -2.58. The summed E-state index contributed by atoms with van der Waals surface area (Å²) in [7, 11) is 3.41. The van der Waals surface area contributed by atoms with Crippen LogP contribution < -0.4 is 20.7 Å². The number of nitrogens with zero attached hydrogens (tertiary/aromatic N) is 3. The summed E-state index contributed by atoms with van der Waals surface area (Å²) in [6, 6.07) is 5.72. The van der Waals surface area contributed by atoms with Gasteiger partial charge in [0.2, 0.25) is 11.8 Å². The van der Waals surface area contributed by atoms with Crippen LogP contribution in [0.15, 0.2) is 29.6 Å². The lowest BCUT2D eigenvalue weighted by Gasteiger charge is -2.40. The highest BCUT2D eigenvalue weighted by Gasteiger charge is 2.38. The number of carbonyl (C=O) groups is 5. The van der Waals surface area contributed by atoms with Crippen molar-refractivity contribution < 1.29 is 33.8 Å². The van der Waals surface area contributed by atoms with E-state index in [1.54, 1.807) is 12.3 Å². The summed E-state index contributed by atoms with van der Waals surface area (Å²) in [6.45, 7) is 12.9. The normalized spacial score (nSPS) is 17.7. The minimum Gasteiger partial charge on any atom is -0.481 e. The number of piperidine rings is 1. The number of nitrogens with one attached hydrogen (secondary N) is 4. The second kappa shape index (κ2) is 23.5. The maximum absolute atomic E-state index is 14.6. The van der Waals surface area contributed by atoms with E-state index in [1.807, 2.05) is 77.1 Å². The summed E-state index contributed by atoms with van der Waals surface area (Å²) in [5.74, 6) is -2.66. The van der Waals surface area contributed by atoms with Crippen molar-refractivity contribution in [2.24, 2.45) is 17.8 Å². The number of hydrogen-bond acceptors (Lipinski definition) is 11. The zero-order valence-corrected chi connectivity index (χ0v) is 36.8. The average Bonchev–Trinajstić information content (AvgIpc) is 3.68. The Kier molecular flexibility index (Phi) is 19.6. The number of likely N-dealkylation sites (N-methyl/N-ethyl adjacent to an activating group) is 1. The van der Waals surface area contributed by atoms with Gasteiger partial charge in [0.1, 0.15) is 16.7 Å². The number of aromatic nitrogens is 1. The fourth-order valence-corrected chi connectivity index (χ4v) is 8.52. The first-order valence-electron chi connectivity index (χ1n) is 20.2. The molecule has 5 N–H and O–H groups in total. The van der Waals surface area contributed by atoms with Crippen molar-refractivity contribution in [2.45, 2.75) is 123 Å². The molecular weight excluding hydrogens is 767 g/mol. The van der Waals surface area contributed by atoms with Gasteiger partial charge in [-0.2, -0.15) is 0 Å². The molecule has 1 aromatic heterocycles. The molecule has 1 aromatic carbocycles. The SMILES string of the molecule is CCCN(C(=O)[C@@H](NC(=O)[C@H]1CCCCN1C)[C@@H](C)CC)[C@H](C[C@@H](OC(=O)NC)c1nc(C(=O)N[C@@H](Cc2ccccc2NSC)C[C@H](C)C(=O)O)cs1)C(C)C. The Balaban J connectivity index is 1.92. The maximum Gasteiger partial charge on any atom is 0.407 e. The number of amides is 4. The van der Waals surface area contributed by atoms with Crippen LogP contribution in [0.1, 0.15) is 114 Å². The standard InChI is InChI=1S/C41H65N7O7S2/c1-10-19-48(39(51)35(26(5)11-2)45-37(50)32-18-14-15-20-47(32)8)33(25(3)4)23-34(55-41(54)42-7)38-44-31(24-57-38)36(49)43-29(21-27(6)40(52)53)22-28-16-12-13-17-30(28)46-56-9/h12-13,16-17,24-27,29,32-35,46H,10-11,14-15,18-23H2,1-9H3,(H,42,54)(H,43,49)(H,45,50)(H,52,53)/t26-,27-,29+,32+,33+,34+,35-/m0/s1. The van der Waals surface area contributed by atoms with Crippen molar-refractivity contribution in [3.05, 3.63) is 45.9 Å². The summed E-state index contributed by atoms with van der Waals surface area (Å²) in [6.07, 6.45) is 5.21. The molecular formula is C41H65N7O7S2. The van der Waals surface area contributed by atoms with Crippen LogP contribution in [0, 0.1) is 17.8 Å². The number of carbonyl (C=O) groups excluding carboxylic acids is 4. The number of ether oxygens (including phenoxy) is 1. The zero-order chi connectivity index (χ0) is 42.2. The van der Waals surface area contributed by atoms with E-state index < -0.39 is 48.1 Å². The Labute approximate surface area is 347 Å². The number of aliphatic carboxylic acids is 1. The molecule has 7 atom stereocenters. The van der Waals surface area contributed by atoms with Gasteiger partial charge in [-0.15, -0.1) is 11.3 Å². The number of alkyl carbamates (subject to hydrolysis) is 1. The van der Waals surface area contributed by atoms with Crippen LogP contribution in [-0.4, -0.2) is 107 Å². The largest absolute Gasteiger partial charge is 0.481 e. The summed E-state index contributed by atoms with van der Waals surface area (Å²) in [5.41, 5.74) is 1.91. The van der Waals surface area contributed by atoms with Crippen LogP contribution in [-0.2, 0) is 25.5 Å². The van der Waals surface area contributed by atoms with Crippen molar-refractivity contribution in [1.29, 1.82) is 0 Å². The second-order valence-corrected chi connectivity index (χ2v) is 17.0. The van der Waals surface area contributed by atoms with E-state index in [4.69, 9.17) is 4.74 Å². The molecule has 57 heavy (non-hydrogen) atoms. The molecule has 0 bridgehead atoms. The predicted octanol–water partition coefficient (Wildman–Crippen LogP) is 6.35. The summed E-state index contributed by atoms with van der Waals surface area (Å²) >= 11 is 2.61. The highest BCUT2D eigenvalue weighted by atomic mass is 32.2. The molecule has 1 fully saturated rings.